The monoisotopic (exact) mass is 524 g/mol. The van der Waals surface area contributed by atoms with Crippen LogP contribution in [0, 0.1) is 5.92 Å². The SMILES string of the molecule is CCOc1cc([C@@H]2Nc3ccccc3NC3=C2C(=O)C[C@H](c2ccc(OC)cc2)C3)ccc1OC(=O)C1CC1. The van der Waals surface area contributed by atoms with Crippen molar-refractivity contribution in [2.45, 2.75) is 44.6 Å². The molecule has 3 aromatic rings. The molecule has 3 aliphatic rings. The Balaban J connectivity index is 1.38. The molecular formula is C32H32N2O5. The van der Waals surface area contributed by atoms with E-state index in [1.807, 2.05) is 67.6 Å². The zero-order chi connectivity index (χ0) is 26.9. The van der Waals surface area contributed by atoms with Crippen LogP contribution in [-0.2, 0) is 9.59 Å². The van der Waals surface area contributed by atoms with Crippen LogP contribution in [-0.4, -0.2) is 25.5 Å². The largest absolute Gasteiger partial charge is 0.497 e. The van der Waals surface area contributed by atoms with Crippen molar-refractivity contribution in [2.75, 3.05) is 24.4 Å². The zero-order valence-corrected chi connectivity index (χ0v) is 22.2. The first kappa shape index (κ1) is 25.0. The molecule has 0 bridgehead atoms. The van der Waals surface area contributed by atoms with Gasteiger partial charge in [-0.3, -0.25) is 9.59 Å². The number of esters is 1. The van der Waals surface area contributed by atoms with Crippen molar-refractivity contribution in [1.82, 2.24) is 0 Å². The molecule has 0 amide bonds. The van der Waals surface area contributed by atoms with E-state index in [1.165, 1.54) is 0 Å². The normalized spacial score (nSPS) is 20.1. The van der Waals surface area contributed by atoms with Crippen molar-refractivity contribution in [3.8, 4) is 17.2 Å². The average molecular weight is 525 g/mol. The molecule has 3 aromatic carbocycles. The van der Waals surface area contributed by atoms with Crippen molar-refractivity contribution < 1.29 is 23.8 Å². The van der Waals surface area contributed by atoms with Crippen LogP contribution in [0.5, 0.6) is 17.2 Å². The summed E-state index contributed by atoms with van der Waals surface area (Å²) >= 11 is 0. The fourth-order valence-electron chi connectivity index (χ4n) is 5.42. The van der Waals surface area contributed by atoms with Crippen LogP contribution in [0.1, 0.15) is 55.7 Å². The quantitative estimate of drug-likeness (QED) is 0.274. The maximum atomic E-state index is 13.9. The molecule has 2 atom stereocenters. The minimum atomic E-state index is -0.396. The third-order valence-corrected chi connectivity index (χ3v) is 7.62. The van der Waals surface area contributed by atoms with E-state index in [-0.39, 0.29) is 23.6 Å². The number of benzene rings is 3. The van der Waals surface area contributed by atoms with E-state index in [0.717, 1.165) is 52.4 Å². The third kappa shape index (κ3) is 5.09. The van der Waals surface area contributed by atoms with Crippen molar-refractivity contribution in [1.29, 1.82) is 0 Å². The lowest BCUT2D eigenvalue weighted by molar-refractivity contribution is -0.135. The number of hydrogen-bond donors (Lipinski definition) is 2. The maximum Gasteiger partial charge on any atom is 0.314 e. The standard InChI is InChI=1S/C32H32N2O5/c1-3-38-29-18-21(12-15-28(29)39-32(36)20-8-9-20)31-30-26(33-24-6-4-5-7-25(24)34-31)16-22(17-27(30)35)19-10-13-23(37-2)14-11-19/h4-7,10-15,18,20,22,31,33-34H,3,8-9,16-17H2,1-2H3/t22-,31+/m1/s1. The second kappa shape index (κ2) is 10.5. The minimum Gasteiger partial charge on any atom is -0.497 e. The first-order valence-corrected chi connectivity index (χ1v) is 13.5. The highest BCUT2D eigenvalue weighted by Gasteiger charge is 2.37. The summed E-state index contributed by atoms with van der Waals surface area (Å²) in [6.45, 7) is 2.32. The summed E-state index contributed by atoms with van der Waals surface area (Å²) < 4.78 is 16.9. The van der Waals surface area contributed by atoms with Gasteiger partial charge in [-0.1, -0.05) is 30.3 Å². The lowest BCUT2D eigenvalue weighted by atomic mass is 9.78. The van der Waals surface area contributed by atoms with Crippen molar-refractivity contribution in [2.24, 2.45) is 5.92 Å². The molecule has 1 saturated carbocycles. The van der Waals surface area contributed by atoms with Gasteiger partial charge in [-0.2, -0.15) is 0 Å². The molecule has 0 unspecified atom stereocenters. The molecule has 0 aromatic heterocycles. The number of nitrogens with one attached hydrogen (secondary N) is 2. The summed E-state index contributed by atoms with van der Waals surface area (Å²) in [5.41, 5.74) is 5.45. The second-order valence-corrected chi connectivity index (χ2v) is 10.3. The average Bonchev–Trinajstić information content (AvgIpc) is 3.81. The number of methoxy groups -OCH3 is 1. The summed E-state index contributed by atoms with van der Waals surface area (Å²) in [6, 6.07) is 21.1. The van der Waals surface area contributed by atoms with Gasteiger partial charge in [0.1, 0.15) is 5.75 Å². The number of carbonyl (C=O) groups is 2. The Labute approximate surface area is 228 Å². The molecule has 39 heavy (non-hydrogen) atoms. The minimum absolute atomic E-state index is 0.0172. The van der Waals surface area contributed by atoms with Crippen molar-refractivity contribution in [3.63, 3.8) is 0 Å². The molecule has 7 nitrogen and oxygen atoms in total. The van der Waals surface area contributed by atoms with Gasteiger partial charge in [0.2, 0.25) is 0 Å². The van der Waals surface area contributed by atoms with Crippen LogP contribution in [0.4, 0.5) is 11.4 Å². The maximum absolute atomic E-state index is 13.9. The van der Waals surface area contributed by atoms with Gasteiger partial charge in [0.05, 0.1) is 37.1 Å². The molecule has 0 saturated heterocycles. The fourth-order valence-corrected chi connectivity index (χ4v) is 5.42. The van der Waals surface area contributed by atoms with Crippen LogP contribution in [0.15, 0.2) is 78.0 Å². The van der Waals surface area contributed by atoms with Crippen molar-refractivity contribution >= 4 is 23.1 Å². The molecule has 200 valence electrons. The van der Waals surface area contributed by atoms with Crippen LogP contribution < -0.4 is 24.8 Å². The Morgan fingerprint density at radius 3 is 2.38 bits per heavy atom. The number of ketones is 1. The summed E-state index contributed by atoms with van der Waals surface area (Å²) in [5.74, 6) is 1.62. The highest BCUT2D eigenvalue weighted by atomic mass is 16.6. The number of para-hydroxylation sites is 2. The van der Waals surface area contributed by atoms with E-state index < -0.39 is 6.04 Å². The van der Waals surface area contributed by atoms with Gasteiger partial charge < -0.3 is 24.8 Å². The number of fused-ring (bicyclic) bond motifs is 1. The molecule has 0 spiro atoms. The zero-order valence-electron chi connectivity index (χ0n) is 22.2. The van der Waals surface area contributed by atoms with Crippen LogP contribution in [0.3, 0.4) is 0 Å². The molecule has 1 aliphatic heterocycles. The Morgan fingerprint density at radius 1 is 0.923 bits per heavy atom. The van der Waals surface area contributed by atoms with Crippen LogP contribution >= 0.6 is 0 Å². The van der Waals surface area contributed by atoms with E-state index in [1.54, 1.807) is 13.2 Å². The van der Waals surface area contributed by atoms with Gasteiger partial charge in [0.15, 0.2) is 17.3 Å². The second-order valence-electron chi connectivity index (χ2n) is 10.3. The van der Waals surface area contributed by atoms with Gasteiger partial charge in [0, 0.05) is 17.7 Å². The number of carbonyl (C=O) groups excluding carboxylic acids is 2. The highest BCUT2D eigenvalue weighted by molar-refractivity contribution is 6.01. The van der Waals surface area contributed by atoms with Gasteiger partial charge in [-0.05, 0) is 79.6 Å². The molecular weight excluding hydrogens is 492 g/mol. The lowest BCUT2D eigenvalue weighted by Crippen LogP contribution is -2.27. The Hall–Kier alpha value is -4.26. The van der Waals surface area contributed by atoms with E-state index in [0.29, 0.717) is 30.9 Å². The van der Waals surface area contributed by atoms with Crippen molar-refractivity contribution in [3.05, 3.63) is 89.1 Å². The molecule has 2 N–H and O–H groups in total. The number of allylic oxidation sites excluding steroid dienone is 1. The Kier molecular flexibility index (Phi) is 6.73. The van der Waals surface area contributed by atoms with E-state index in [4.69, 9.17) is 14.2 Å². The van der Waals surface area contributed by atoms with E-state index in [2.05, 4.69) is 10.6 Å². The summed E-state index contributed by atoms with van der Waals surface area (Å²) in [4.78, 5) is 26.2. The summed E-state index contributed by atoms with van der Waals surface area (Å²) in [5, 5.41) is 7.19. The Bertz CT molecular complexity index is 1440. The smallest absolute Gasteiger partial charge is 0.314 e. The van der Waals surface area contributed by atoms with Crippen LogP contribution in [0.2, 0.25) is 0 Å². The molecule has 6 rings (SSSR count). The van der Waals surface area contributed by atoms with Gasteiger partial charge >= 0.3 is 5.97 Å². The fraction of sp³-hybridized carbons (Fsp3) is 0.312. The van der Waals surface area contributed by atoms with Gasteiger partial charge in [-0.15, -0.1) is 0 Å². The predicted molar refractivity (Wildman–Crippen MR) is 149 cm³/mol. The Morgan fingerprint density at radius 2 is 1.67 bits per heavy atom. The summed E-state index contributed by atoms with van der Waals surface area (Å²) in [6.07, 6.45) is 2.86. The number of rotatable bonds is 7. The predicted octanol–water partition coefficient (Wildman–Crippen LogP) is 6.39. The van der Waals surface area contributed by atoms with Gasteiger partial charge in [-0.25, -0.2) is 0 Å². The molecule has 7 heteroatoms. The number of ether oxygens (including phenoxy) is 3. The van der Waals surface area contributed by atoms with E-state index in [9.17, 15) is 9.59 Å². The first-order valence-electron chi connectivity index (χ1n) is 13.5. The molecule has 2 aliphatic carbocycles. The van der Waals surface area contributed by atoms with Crippen LogP contribution in [0.25, 0.3) is 0 Å². The first-order chi connectivity index (χ1) is 19.0. The summed E-state index contributed by atoms with van der Waals surface area (Å²) in [7, 11) is 1.65. The topological polar surface area (TPSA) is 85.9 Å². The third-order valence-electron chi connectivity index (χ3n) is 7.62. The molecule has 0 radical (unpaired) electrons. The highest BCUT2D eigenvalue weighted by Crippen LogP contribution is 2.45. The van der Waals surface area contributed by atoms with Gasteiger partial charge in [0.25, 0.3) is 0 Å². The molecule has 1 heterocycles. The van der Waals surface area contributed by atoms with E-state index >= 15 is 0 Å². The number of Topliss-reactive ketones (excluding diaryl/α,β-unsaturated/α-hetero) is 1. The molecule has 1 fully saturated rings. The lowest BCUT2D eigenvalue weighted by Gasteiger charge is -2.30. The number of anilines is 2. The number of hydrogen-bond acceptors (Lipinski definition) is 7.